The first-order valence-electron chi connectivity index (χ1n) is 6.96. The molecule has 1 N–H and O–H groups in total. The zero-order valence-corrected chi connectivity index (χ0v) is 15.2. The monoisotopic (exact) mass is 396 g/mol. The summed E-state index contributed by atoms with van der Waals surface area (Å²) in [7, 11) is -3.33. The summed E-state index contributed by atoms with van der Waals surface area (Å²) in [6.07, 6.45) is 1.16. The summed E-state index contributed by atoms with van der Waals surface area (Å²) in [5.74, 6) is -0.249. The predicted octanol–water partition coefficient (Wildman–Crippen LogP) is 3.49. The molecule has 0 spiro atoms. The summed E-state index contributed by atoms with van der Waals surface area (Å²) in [6.45, 7) is 2.10. The molecule has 0 aliphatic carbocycles. The van der Waals surface area contributed by atoms with Crippen molar-refractivity contribution in [3.05, 3.63) is 58.6 Å². The van der Waals surface area contributed by atoms with Gasteiger partial charge in [0.25, 0.3) is 5.91 Å². The molecule has 2 rings (SSSR count). The molecule has 1 amide bonds. The van der Waals surface area contributed by atoms with Gasteiger partial charge in [0.1, 0.15) is 0 Å². The molecule has 2 aromatic rings. The first-order chi connectivity index (χ1) is 10.8. The molecule has 0 fully saturated rings. The van der Waals surface area contributed by atoms with Crippen molar-refractivity contribution in [2.45, 2.75) is 6.92 Å². The van der Waals surface area contributed by atoms with Crippen LogP contribution < -0.4 is 9.62 Å². The van der Waals surface area contributed by atoms with Crippen LogP contribution in [0.25, 0.3) is 0 Å². The molecular formula is C16H17BrN2O3S. The van der Waals surface area contributed by atoms with E-state index in [1.165, 1.54) is 4.31 Å². The average Bonchev–Trinajstić information content (AvgIpc) is 2.49. The van der Waals surface area contributed by atoms with E-state index in [1.54, 1.807) is 43.3 Å². The highest BCUT2D eigenvalue weighted by atomic mass is 79.9. The van der Waals surface area contributed by atoms with E-state index >= 15 is 0 Å². The molecule has 2 aromatic carbocycles. The molecule has 0 atom stereocenters. The molecule has 23 heavy (non-hydrogen) atoms. The van der Waals surface area contributed by atoms with Gasteiger partial charge in [0, 0.05) is 22.3 Å². The third kappa shape index (κ3) is 4.56. The van der Waals surface area contributed by atoms with Crippen molar-refractivity contribution in [2.75, 3.05) is 22.4 Å². The Morgan fingerprint density at radius 2 is 1.65 bits per heavy atom. The van der Waals surface area contributed by atoms with Crippen molar-refractivity contribution in [2.24, 2.45) is 0 Å². The van der Waals surface area contributed by atoms with Crippen LogP contribution in [0.15, 0.2) is 53.0 Å². The standard InChI is InChI=1S/C16H17BrN2O3S/c1-3-19(23(2,21)22)15-10-4-12(5-11-15)16(20)18-14-8-6-13(17)7-9-14/h4-11H,3H2,1-2H3,(H,18,20). The molecule has 0 saturated heterocycles. The van der Waals surface area contributed by atoms with Gasteiger partial charge in [-0.25, -0.2) is 8.42 Å². The normalized spacial score (nSPS) is 11.1. The Bertz CT molecular complexity index is 787. The fraction of sp³-hybridized carbons (Fsp3) is 0.188. The van der Waals surface area contributed by atoms with Crippen LogP contribution in [-0.2, 0) is 10.0 Å². The van der Waals surface area contributed by atoms with Gasteiger partial charge in [-0.3, -0.25) is 9.10 Å². The van der Waals surface area contributed by atoms with Crippen molar-refractivity contribution < 1.29 is 13.2 Å². The molecule has 122 valence electrons. The number of anilines is 2. The van der Waals surface area contributed by atoms with Crippen molar-refractivity contribution in [1.29, 1.82) is 0 Å². The zero-order valence-electron chi connectivity index (χ0n) is 12.8. The van der Waals surface area contributed by atoms with Crippen molar-refractivity contribution in [3.63, 3.8) is 0 Å². The van der Waals surface area contributed by atoms with Crippen LogP contribution >= 0.6 is 15.9 Å². The summed E-state index contributed by atoms with van der Waals surface area (Å²) in [5.41, 5.74) is 1.69. The van der Waals surface area contributed by atoms with Gasteiger partial charge in [-0.2, -0.15) is 0 Å². The molecule has 0 bridgehead atoms. The van der Waals surface area contributed by atoms with E-state index in [2.05, 4.69) is 21.2 Å². The molecule has 0 radical (unpaired) electrons. The number of amides is 1. The minimum Gasteiger partial charge on any atom is -0.322 e. The molecule has 0 unspecified atom stereocenters. The number of nitrogens with zero attached hydrogens (tertiary/aromatic N) is 1. The van der Waals surface area contributed by atoms with E-state index in [9.17, 15) is 13.2 Å². The van der Waals surface area contributed by atoms with E-state index in [0.29, 0.717) is 23.5 Å². The van der Waals surface area contributed by atoms with Crippen LogP contribution in [0, 0.1) is 0 Å². The van der Waals surface area contributed by atoms with Crippen molar-refractivity contribution >= 4 is 43.2 Å². The predicted molar refractivity (Wildman–Crippen MR) is 96.4 cm³/mol. The molecular weight excluding hydrogens is 380 g/mol. The molecule has 0 aliphatic heterocycles. The number of carbonyl (C=O) groups excluding carboxylic acids is 1. The topological polar surface area (TPSA) is 66.5 Å². The summed E-state index contributed by atoms with van der Waals surface area (Å²) in [5, 5.41) is 2.79. The van der Waals surface area contributed by atoms with E-state index in [1.807, 2.05) is 12.1 Å². The number of nitrogens with one attached hydrogen (secondary N) is 1. The average molecular weight is 397 g/mol. The summed E-state index contributed by atoms with van der Waals surface area (Å²) >= 11 is 3.33. The molecule has 0 aromatic heterocycles. The second kappa shape index (κ2) is 7.14. The van der Waals surface area contributed by atoms with Gasteiger partial charge in [-0.15, -0.1) is 0 Å². The number of rotatable bonds is 5. The number of benzene rings is 2. The molecule has 0 saturated carbocycles. The van der Waals surface area contributed by atoms with Gasteiger partial charge in [0.15, 0.2) is 0 Å². The number of hydrogen-bond donors (Lipinski definition) is 1. The Kier molecular flexibility index (Phi) is 5.43. The van der Waals surface area contributed by atoms with E-state index in [4.69, 9.17) is 0 Å². The van der Waals surface area contributed by atoms with E-state index in [0.717, 1.165) is 10.7 Å². The molecule has 7 heteroatoms. The van der Waals surface area contributed by atoms with Gasteiger partial charge in [-0.1, -0.05) is 15.9 Å². The number of sulfonamides is 1. The number of halogens is 1. The second-order valence-corrected chi connectivity index (χ2v) is 7.76. The number of hydrogen-bond acceptors (Lipinski definition) is 3. The SMILES string of the molecule is CCN(c1ccc(C(=O)Nc2ccc(Br)cc2)cc1)S(C)(=O)=O. The Morgan fingerprint density at radius 3 is 2.13 bits per heavy atom. The third-order valence-electron chi connectivity index (χ3n) is 3.21. The quantitative estimate of drug-likeness (QED) is 0.840. The van der Waals surface area contributed by atoms with Crippen molar-refractivity contribution in [1.82, 2.24) is 0 Å². The largest absolute Gasteiger partial charge is 0.322 e. The summed E-state index contributed by atoms with van der Waals surface area (Å²) in [4.78, 5) is 12.2. The Hall–Kier alpha value is -1.86. The van der Waals surface area contributed by atoms with Gasteiger partial charge < -0.3 is 5.32 Å². The first-order valence-corrected chi connectivity index (χ1v) is 9.60. The Morgan fingerprint density at radius 1 is 1.09 bits per heavy atom. The lowest BCUT2D eigenvalue weighted by Gasteiger charge is -2.20. The van der Waals surface area contributed by atoms with Crippen LogP contribution in [0.1, 0.15) is 17.3 Å². The van der Waals surface area contributed by atoms with Gasteiger partial charge in [0.05, 0.1) is 11.9 Å². The van der Waals surface area contributed by atoms with Crippen molar-refractivity contribution in [3.8, 4) is 0 Å². The van der Waals surface area contributed by atoms with Crippen LogP contribution in [0.5, 0.6) is 0 Å². The van der Waals surface area contributed by atoms with Crippen LogP contribution in [0.3, 0.4) is 0 Å². The van der Waals surface area contributed by atoms with Gasteiger partial charge in [-0.05, 0) is 55.5 Å². The Labute approximate surface area is 144 Å². The highest BCUT2D eigenvalue weighted by Crippen LogP contribution is 2.19. The lowest BCUT2D eigenvalue weighted by molar-refractivity contribution is 0.102. The second-order valence-electron chi connectivity index (χ2n) is 4.94. The minimum absolute atomic E-state index is 0.249. The first kappa shape index (κ1) is 17.5. The molecule has 5 nitrogen and oxygen atoms in total. The lowest BCUT2D eigenvalue weighted by atomic mass is 10.2. The minimum atomic E-state index is -3.33. The maximum absolute atomic E-state index is 12.2. The van der Waals surface area contributed by atoms with E-state index in [-0.39, 0.29) is 5.91 Å². The molecule has 0 heterocycles. The smallest absolute Gasteiger partial charge is 0.255 e. The van der Waals surface area contributed by atoms with E-state index < -0.39 is 10.0 Å². The van der Waals surface area contributed by atoms with Gasteiger partial charge in [0.2, 0.25) is 10.0 Å². The van der Waals surface area contributed by atoms with Crippen LogP contribution in [0.2, 0.25) is 0 Å². The van der Waals surface area contributed by atoms with Gasteiger partial charge >= 0.3 is 0 Å². The zero-order chi connectivity index (χ0) is 17.0. The lowest BCUT2D eigenvalue weighted by Crippen LogP contribution is -2.29. The third-order valence-corrected chi connectivity index (χ3v) is 5.01. The van der Waals surface area contributed by atoms with Crippen LogP contribution in [-0.4, -0.2) is 27.1 Å². The summed E-state index contributed by atoms with van der Waals surface area (Å²) < 4.78 is 25.6. The maximum atomic E-state index is 12.2. The highest BCUT2D eigenvalue weighted by Gasteiger charge is 2.15. The fourth-order valence-corrected chi connectivity index (χ4v) is 3.36. The maximum Gasteiger partial charge on any atom is 0.255 e. The summed E-state index contributed by atoms with van der Waals surface area (Å²) in [6, 6.07) is 13.7. The molecule has 0 aliphatic rings. The Balaban J connectivity index is 2.15. The van der Waals surface area contributed by atoms with Crippen LogP contribution in [0.4, 0.5) is 11.4 Å². The fourth-order valence-electron chi connectivity index (χ4n) is 2.12. The number of carbonyl (C=O) groups is 1. The highest BCUT2D eigenvalue weighted by molar-refractivity contribution is 9.10.